The van der Waals surface area contributed by atoms with Gasteiger partial charge in [0.15, 0.2) is 11.5 Å². The number of hydrogen-bond donors (Lipinski definition) is 2. The molecule has 0 spiro atoms. The number of fused-ring (bicyclic) bond motifs is 1. The number of halogens is 4. The van der Waals surface area contributed by atoms with Gasteiger partial charge in [0.25, 0.3) is 10.0 Å². The monoisotopic (exact) mass is 641 g/mol. The number of benzene rings is 1. The van der Waals surface area contributed by atoms with Crippen molar-refractivity contribution < 1.29 is 31.3 Å². The Kier molecular flexibility index (Phi) is 7.80. The highest BCUT2D eigenvalue weighted by Crippen LogP contribution is 2.34. The summed E-state index contributed by atoms with van der Waals surface area (Å²) in [5, 5.41) is 16.0. The zero-order chi connectivity index (χ0) is 29.4. The third kappa shape index (κ3) is 6.04. The first-order valence-corrected chi connectivity index (χ1v) is 13.5. The van der Waals surface area contributed by atoms with Gasteiger partial charge in [-0.05, 0) is 48.0 Å². The van der Waals surface area contributed by atoms with Crippen LogP contribution in [-0.4, -0.2) is 56.9 Å². The molecule has 4 rings (SSSR count). The molecule has 210 valence electrons. The number of aromatic nitrogens is 4. The van der Waals surface area contributed by atoms with Crippen LogP contribution in [0.2, 0.25) is 0 Å². The Morgan fingerprint density at radius 3 is 2.50 bits per heavy atom. The molecule has 3 heterocycles. The smallest absolute Gasteiger partial charge is 0.353 e. The van der Waals surface area contributed by atoms with Gasteiger partial charge in [0.2, 0.25) is 11.7 Å². The number of carbonyl (C=O) groups excluding carboxylic acids is 1. The number of aryl methyl sites for hydroxylation is 1. The first-order chi connectivity index (χ1) is 18.7. The van der Waals surface area contributed by atoms with E-state index in [0.29, 0.717) is 4.47 Å². The van der Waals surface area contributed by atoms with Crippen LogP contribution in [0.4, 0.5) is 24.7 Å². The third-order valence-electron chi connectivity index (χ3n) is 5.57. The molecular formula is C23H19BrF3N7O5S. The lowest BCUT2D eigenvalue weighted by molar-refractivity contribution is -0.384. The number of carbonyl (C=O) groups is 1. The maximum atomic E-state index is 13.5. The van der Waals surface area contributed by atoms with Crippen LogP contribution in [-0.2, 0) is 14.8 Å². The Hall–Kier alpha value is -4.12. The molecule has 1 unspecified atom stereocenters. The molecule has 0 aliphatic heterocycles. The lowest BCUT2D eigenvalue weighted by atomic mass is 10.2. The van der Waals surface area contributed by atoms with Gasteiger partial charge in [0.1, 0.15) is 18.8 Å². The van der Waals surface area contributed by atoms with Crippen molar-refractivity contribution in [3.8, 4) is 11.4 Å². The van der Waals surface area contributed by atoms with Crippen molar-refractivity contribution in [3.05, 3.63) is 69.1 Å². The minimum atomic E-state index is -4.65. The van der Waals surface area contributed by atoms with Gasteiger partial charge in [-0.15, -0.1) is 0 Å². The van der Waals surface area contributed by atoms with Crippen molar-refractivity contribution in [2.45, 2.75) is 31.0 Å². The van der Waals surface area contributed by atoms with E-state index in [4.69, 9.17) is 0 Å². The fourth-order valence-electron chi connectivity index (χ4n) is 3.60. The van der Waals surface area contributed by atoms with Crippen LogP contribution in [0.3, 0.4) is 0 Å². The summed E-state index contributed by atoms with van der Waals surface area (Å²) in [4.78, 5) is 35.3. The lowest BCUT2D eigenvalue weighted by Crippen LogP contribution is -2.42. The highest BCUT2D eigenvalue weighted by molar-refractivity contribution is 9.10. The number of anilines is 1. The van der Waals surface area contributed by atoms with E-state index in [-0.39, 0.29) is 27.3 Å². The van der Waals surface area contributed by atoms with Crippen molar-refractivity contribution in [2.75, 3.05) is 11.9 Å². The Labute approximate surface area is 233 Å². The van der Waals surface area contributed by atoms with Crippen molar-refractivity contribution in [1.29, 1.82) is 0 Å². The summed E-state index contributed by atoms with van der Waals surface area (Å²) < 4.78 is 65.9. The Balaban J connectivity index is 1.81. The number of nitrogens with zero attached hydrogens (tertiary/aromatic N) is 5. The zero-order valence-electron chi connectivity index (χ0n) is 20.6. The van der Waals surface area contributed by atoms with E-state index in [0.717, 1.165) is 15.7 Å². The largest absolute Gasteiger partial charge is 0.405 e. The molecule has 4 aromatic rings. The van der Waals surface area contributed by atoms with E-state index in [9.17, 15) is 36.5 Å². The summed E-state index contributed by atoms with van der Waals surface area (Å²) in [5.74, 6) is -1.71. The van der Waals surface area contributed by atoms with Crippen molar-refractivity contribution in [1.82, 2.24) is 24.2 Å². The summed E-state index contributed by atoms with van der Waals surface area (Å²) in [5.41, 5.74) is 0.343. The summed E-state index contributed by atoms with van der Waals surface area (Å²) in [6, 6.07) is 6.34. The second-order valence-corrected chi connectivity index (χ2v) is 11.3. The standard InChI is InChI=1S/C23H19BrF3N7O5S/c1-12-3-5-15(6-4-12)40(38,39)33-10-17(16-7-14(24)8-29-21(16)33)19-28-9-18(34(36)37)20(32-19)31-13(2)22(35)30-11-23(25,26)27/h3-10,13H,11H2,1-2H3,(H,30,35)(H,28,31,32). The maximum Gasteiger partial charge on any atom is 0.405 e. The van der Waals surface area contributed by atoms with Crippen LogP contribution in [0.1, 0.15) is 12.5 Å². The van der Waals surface area contributed by atoms with E-state index >= 15 is 0 Å². The normalized spacial score (nSPS) is 12.8. The second-order valence-electron chi connectivity index (χ2n) is 8.56. The average Bonchev–Trinajstić information content (AvgIpc) is 3.26. The molecule has 40 heavy (non-hydrogen) atoms. The second kappa shape index (κ2) is 10.8. The lowest BCUT2D eigenvalue weighted by Gasteiger charge is -2.15. The predicted molar refractivity (Wildman–Crippen MR) is 141 cm³/mol. The Morgan fingerprint density at radius 1 is 1.20 bits per heavy atom. The van der Waals surface area contributed by atoms with Gasteiger partial charge >= 0.3 is 11.9 Å². The van der Waals surface area contributed by atoms with Crippen molar-refractivity contribution >= 4 is 54.4 Å². The maximum absolute atomic E-state index is 13.5. The van der Waals surface area contributed by atoms with Crippen LogP contribution in [0.5, 0.6) is 0 Å². The molecule has 0 aliphatic rings. The minimum Gasteiger partial charge on any atom is -0.353 e. The van der Waals surface area contributed by atoms with Gasteiger partial charge in [-0.2, -0.15) is 13.2 Å². The molecule has 3 aromatic heterocycles. The van der Waals surface area contributed by atoms with Crippen LogP contribution in [0.15, 0.2) is 58.3 Å². The molecule has 0 saturated carbocycles. The molecule has 2 N–H and O–H groups in total. The first-order valence-electron chi connectivity index (χ1n) is 11.3. The molecule has 0 fully saturated rings. The number of nitro groups is 1. The van der Waals surface area contributed by atoms with Crippen LogP contribution >= 0.6 is 15.9 Å². The van der Waals surface area contributed by atoms with E-state index in [1.54, 1.807) is 30.4 Å². The zero-order valence-corrected chi connectivity index (χ0v) is 23.0. The van der Waals surface area contributed by atoms with E-state index in [2.05, 4.69) is 36.2 Å². The number of rotatable bonds is 8. The summed E-state index contributed by atoms with van der Waals surface area (Å²) in [6.07, 6.45) is -1.21. The average molecular weight is 642 g/mol. The quantitative estimate of drug-likeness (QED) is 0.212. The van der Waals surface area contributed by atoms with Gasteiger partial charge in [-0.25, -0.2) is 27.3 Å². The SMILES string of the molecule is Cc1ccc(S(=O)(=O)n2cc(-c3ncc([N+](=O)[O-])c(NC(C)C(=O)NCC(F)(F)F)n3)c3cc(Br)cnc32)cc1. The number of hydrogen-bond acceptors (Lipinski definition) is 9. The molecule has 1 amide bonds. The number of nitrogens with one attached hydrogen (secondary N) is 2. The molecule has 0 bridgehead atoms. The highest BCUT2D eigenvalue weighted by atomic mass is 79.9. The first kappa shape index (κ1) is 28.9. The molecule has 17 heteroatoms. The fraction of sp³-hybridized carbons (Fsp3) is 0.217. The molecule has 1 aromatic carbocycles. The van der Waals surface area contributed by atoms with Crippen molar-refractivity contribution in [2.24, 2.45) is 0 Å². The van der Waals surface area contributed by atoms with E-state index in [1.807, 2.05) is 0 Å². The molecule has 0 saturated heterocycles. The summed E-state index contributed by atoms with van der Waals surface area (Å²) >= 11 is 3.29. The molecule has 0 aliphatic carbocycles. The topological polar surface area (TPSA) is 162 Å². The van der Waals surface area contributed by atoms with Crippen molar-refractivity contribution in [3.63, 3.8) is 0 Å². The van der Waals surface area contributed by atoms with Crippen LogP contribution in [0.25, 0.3) is 22.4 Å². The molecular weight excluding hydrogens is 623 g/mol. The number of alkyl halides is 3. The van der Waals surface area contributed by atoms with Gasteiger partial charge in [0.05, 0.1) is 9.82 Å². The van der Waals surface area contributed by atoms with Gasteiger partial charge in [-0.3, -0.25) is 14.9 Å². The van der Waals surface area contributed by atoms with Gasteiger partial charge in [-0.1, -0.05) is 17.7 Å². The predicted octanol–water partition coefficient (Wildman–Crippen LogP) is 4.19. The summed E-state index contributed by atoms with van der Waals surface area (Å²) in [7, 11) is -4.15. The van der Waals surface area contributed by atoms with Crippen LogP contribution in [0, 0.1) is 17.0 Å². The van der Waals surface area contributed by atoms with Gasteiger partial charge in [0, 0.05) is 27.8 Å². The van der Waals surface area contributed by atoms with E-state index in [1.165, 1.54) is 31.5 Å². The summed E-state index contributed by atoms with van der Waals surface area (Å²) in [6.45, 7) is 1.40. The molecule has 12 nitrogen and oxygen atoms in total. The Morgan fingerprint density at radius 2 is 1.88 bits per heavy atom. The minimum absolute atomic E-state index is 0.0167. The fourth-order valence-corrected chi connectivity index (χ4v) is 5.25. The molecule has 1 atom stereocenters. The van der Waals surface area contributed by atoms with Gasteiger partial charge < -0.3 is 10.6 Å². The molecule has 0 radical (unpaired) electrons. The number of amides is 1. The van der Waals surface area contributed by atoms with E-state index < -0.39 is 51.1 Å². The van der Waals surface area contributed by atoms with Crippen LogP contribution < -0.4 is 10.6 Å². The highest BCUT2D eigenvalue weighted by Gasteiger charge is 2.30. The Bertz CT molecular complexity index is 1730. The third-order valence-corrected chi connectivity index (χ3v) is 7.67. The number of pyridine rings is 1.